The van der Waals surface area contributed by atoms with Crippen LogP contribution in [0.2, 0.25) is 0 Å². The summed E-state index contributed by atoms with van der Waals surface area (Å²) in [4.78, 5) is 24.3. The molecule has 1 heterocycles. The Labute approximate surface area is 113 Å². The number of nitrogens with zero attached hydrogens (tertiary/aromatic N) is 1. The third-order valence-electron chi connectivity index (χ3n) is 3.00. The minimum atomic E-state index is -0.891. The van der Waals surface area contributed by atoms with Gasteiger partial charge in [-0.25, -0.2) is 0 Å². The second-order valence-corrected chi connectivity index (χ2v) is 5.13. The Bertz CT molecular complexity index is 504. The summed E-state index contributed by atoms with van der Waals surface area (Å²) in [7, 11) is 1.80. The molecule has 1 amide bonds. The minimum absolute atomic E-state index is 0.0196. The van der Waals surface area contributed by atoms with Gasteiger partial charge in [-0.2, -0.15) is 0 Å². The zero-order valence-corrected chi connectivity index (χ0v) is 11.4. The van der Waals surface area contributed by atoms with Gasteiger partial charge in [0.2, 0.25) is 5.91 Å². The summed E-state index contributed by atoms with van der Waals surface area (Å²) in [5, 5.41) is 11.5. The van der Waals surface area contributed by atoms with Crippen LogP contribution in [-0.4, -0.2) is 30.1 Å². The van der Waals surface area contributed by atoms with Crippen LogP contribution < -0.4 is 10.2 Å². The van der Waals surface area contributed by atoms with Crippen LogP contribution in [0.1, 0.15) is 12.8 Å². The summed E-state index contributed by atoms with van der Waals surface area (Å²) in [5.74, 6) is -1.05. The van der Waals surface area contributed by atoms with Gasteiger partial charge in [0.05, 0.1) is 11.4 Å². The Morgan fingerprint density at radius 1 is 1.56 bits per heavy atom. The highest BCUT2D eigenvalue weighted by Gasteiger charge is 2.30. The van der Waals surface area contributed by atoms with Crippen LogP contribution in [0.25, 0.3) is 0 Å². The molecule has 2 N–H and O–H groups in total. The largest absolute Gasteiger partial charge is 0.481 e. The number of benzene rings is 1. The first-order valence-electron chi connectivity index (χ1n) is 5.54. The molecular weight excluding hydrogens is 300 g/mol. The fourth-order valence-corrected chi connectivity index (χ4v) is 2.42. The molecule has 96 valence electrons. The SMILES string of the molecule is CN1c2ccc(Br)cc2NC(=O)C1CCC(=O)O. The van der Waals surface area contributed by atoms with E-state index in [4.69, 9.17) is 5.11 Å². The summed E-state index contributed by atoms with van der Waals surface area (Å²) in [6.07, 6.45) is 0.279. The predicted molar refractivity (Wildman–Crippen MR) is 71.8 cm³/mol. The number of halogens is 1. The molecule has 5 nitrogen and oxygen atoms in total. The van der Waals surface area contributed by atoms with Gasteiger partial charge in [-0.1, -0.05) is 15.9 Å². The first kappa shape index (κ1) is 12.9. The Hall–Kier alpha value is -1.56. The number of aliphatic carboxylic acids is 1. The van der Waals surface area contributed by atoms with Gasteiger partial charge in [0, 0.05) is 17.9 Å². The highest BCUT2D eigenvalue weighted by atomic mass is 79.9. The molecule has 0 spiro atoms. The lowest BCUT2D eigenvalue weighted by Crippen LogP contribution is -2.46. The molecule has 0 aliphatic carbocycles. The van der Waals surface area contributed by atoms with Crippen molar-refractivity contribution in [2.45, 2.75) is 18.9 Å². The topological polar surface area (TPSA) is 69.6 Å². The number of carbonyl (C=O) groups is 2. The van der Waals surface area contributed by atoms with E-state index >= 15 is 0 Å². The van der Waals surface area contributed by atoms with E-state index in [2.05, 4.69) is 21.2 Å². The highest BCUT2D eigenvalue weighted by molar-refractivity contribution is 9.10. The maximum absolute atomic E-state index is 11.9. The average Bonchev–Trinajstić information content (AvgIpc) is 2.27. The Balaban J connectivity index is 2.24. The van der Waals surface area contributed by atoms with E-state index in [1.165, 1.54) is 0 Å². The molecule has 2 rings (SSSR count). The van der Waals surface area contributed by atoms with Gasteiger partial charge in [-0.05, 0) is 24.6 Å². The molecule has 1 aliphatic rings. The zero-order valence-electron chi connectivity index (χ0n) is 9.81. The van der Waals surface area contributed by atoms with E-state index in [9.17, 15) is 9.59 Å². The zero-order chi connectivity index (χ0) is 13.3. The van der Waals surface area contributed by atoms with Crippen LogP contribution in [0.5, 0.6) is 0 Å². The minimum Gasteiger partial charge on any atom is -0.481 e. The lowest BCUT2D eigenvalue weighted by Gasteiger charge is -2.35. The average molecular weight is 313 g/mol. The number of likely N-dealkylation sites (N-methyl/N-ethyl adjacent to an activating group) is 1. The van der Waals surface area contributed by atoms with Crippen LogP contribution in [0.4, 0.5) is 11.4 Å². The number of carboxylic acid groups (broad SMARTS) is 1. The number of hydrogen-bond acceptors (Lipinski definition) is 3. The molecule has 0 fully saturated rings. The molecule has 0 saturated carbocycles. The van der Waals surface area contributed by atoms with Gasteiger partial charge in [0.25, 0.3) is 0 Å². The van der Waals surface area contributed by atoms with Gasteiger partial charge < -0.3 is 15.3 Å². The van der Waals surface area contributed by atoms with Gasteiger partial charge in [-0.15, -0.1) is 0 Å². The molecule has 1 unspecified atom stereocenters. The number of anilines is 2. The number of carbonyl (C=O) groups excluding carboxylic acids is 1. The molecule has 0 radical (unpaired) electrons. The summed E-state index contributed by atoms with van der Waals surface area (Å²) in [6.45, 7) is 0. The summed E-state index contributed by atoms with van der Waals surface area (Å²) in [5.41, 5.74) is 1.64. The van der Waals surface area contributed by atoms with Crippen molar-refractivity contribution in [1.29, 1.82) is 0 Å². The van der Waals surface area contributed by atoms with Crippen LogP contribution >= 0.6 is 15.9 Å². The van der Waals surface area contributed by atoms with E-state index in [0.29, 0.717) is 6.42 Å². The number of rotatable bonds is 3. The molecule has 1 aromatic carbocycles. The number of hydrogen-bond donors (Lipinski definition) is 2. The molecule has 6 heteroatoms. The summed E-state index contributed by atoms with van der Waals surface area (Å²) in [6, 6.07) is 5.18. The smallest absolute Gasteiger partial charge is 0.303 e. The van der Waals surface area contributed by atoms with Gasteiger partial charge in [0.15, 0.2) is 0 Å². The monoisotopic (exact) mass is 312 g/mol. The fraction of sp³-hybridized carbons (Fsp3) is 0.333. The molecule has 1 aromatic rings. The molecule has 1 atom stereocenters. The molecule has 18 heavy (non-hydrogen) atoms. The maximum Gasteiger partial charge on any atom is 0.303 e. The van der Waals surface area contributed by atoms with Crippen LogP contribution in [0.3, 0.4) is 0 Å². The van der Waals surface area contributed by atoms with E-state index in [-0.39, 0.29) is 12.3 Å². The van der Waals surface area contributed by atoms with Gasteiger partial charge in [0.1, 0.15) is 6.04 Å². The van der Waals surface area contributed by atoms with Crippen LogP contribution in [0.15, 0.2) is 22.7 Å². The Morgan fingerprint density at radius 2 is 2.28 bits per heavy atom. The highest BCUT2D eigenvalue weighted by Crippen LogP contribution is 2.34. The quantitative estimate of drug-likeness (QED) is 0.896. The predicted octanol–water partition coefficient (Wildman–Crippen LogP) is 2.07. The number of carboxylic acids is 1. The third kappa shape index (κ3) is 2.48. The van der Waals surface area contributed by atoms with E-state index in [1.54, 1.807) is 7.05 Å². The van der Waals surface area contributed by atoms with Crippen molar-refractivity contribution < 1.29 is 14.7 Å². The van der Waals surface area contributed by atoms with Crippen molar-refractivity contribution in [1.82, 2.24) is 0 Å². The van der Waals surface area contributed by atoms with Gasteiger partial charge in [-0.3, -0.25) is 9.59 Å². The van der Waals surface area contributed by atoms with E-state index < -0.39 is 12.0 Å². The summed E-state index contributed by atoms with van der Waals surface area (Å²) >= 11 is 3.35. The van der Waals surface area contributed by atoms with Crippen molar-refractivity contribution in [2.24, 2.45) is 0 Å². The van der Waals surface area contributed by atoms with Crippen LogP contribution in [0, 0.1) is 0 Å². The van der Waals surface area contributed by atoms with Crippen molar-refractivity contribution in [3.63, 3.8) is 0 Å². The molecule has 0 bridgehead atoms. The molecule has 0 saturated heterocycles. The lowest BCUT2D eigenvalue weighted by atomic mass is 10.0. The molecule has 1 aliphatic heterocycles. The first-order chi connectivity index (χ1) is 8.49. The van der Waals surface area contributed by atoms with Crippen molar-refractivity contribution in [2.75, 3.05) is 17.3 Å². The number of amides is 1. The van der Waals surface area contributed by atoms with Gasteiger partial charge >= 0.3 is 5.97 Å². The fourth-order valence-electron chi connectivity index (χ4n) is 2.06. The Morgan fingerprint density at radius 3 is 2.94 bits per heavy atom. The molecule has 0 aromatic heterocycles. The second kappa shape index (κ2) is 4.97. The van der Waals surface area contributed by atoms with Crippen molar-refractivity contribution in [3.05, 3.63) is 22.7 Å². The number of nitrogens with one attached hydrogen (secondary N) is 1. The van der Waals surface area contributed by atoms with E-state index in [0.717, 1.165) is 15.8 Å². The second-order valence-electron chi connectivity index (χ2n) is 4.21. The molecular formula is C12H13BrN2O3. The lowest BCUT2D eigenvalue weighted by molar-refractivity contribution is -0.137. The first-order valence-corrected chi connectivity index (χ1v) is 6.33. The maximum atomic E-state index is 11.9. The number of fused-ring (bicyclic) bond motifs is 1. The van der Waals surface area contributed by atoms with Crippen molar-refractivity contribution >= 4 is 39.2 Å². The van der Waals surface area contributed by atoms with Crippen LogP contribution in [-0.2, 0) is 9.59 Å². The van der Waals surface area contributed by atoms with Crippen molar-refractivity contribution in [3.8, 4) is 0 Å². The van der Waals surface area contributed by atoms with E-state index in [1.807, 2.05) is 23.1 Å². The third-order valence-corrected chi connectivity index (χ3v) is 3.49. The normalized spacial score (nSPS) is 18.2. The standard InChI is InChI=1S/C12H13BrN2O3/c1-15-9-3-2-7(13)6-8(9)14-12(18)10(15)4-5-11(16)17/h2-3,6,10H,4-5H2,1H3,(H,14,18)(H,16,17). The Kier molecular flexibility index (Phi) is 3.56. The summed E-state index contributed by atoms with van der Waals surface area (Å²) < 4.78 is 0.888.